The molecule has 0 saturated carbocycles. The number of aliphatic imine (C=N–C) groups is 1. The molecule has 1 aromatic carbocycles. The molecule has 0 saturated heterocycles. The van der Waals surface area contributed by atoms with E-state index in [1.54, 1.807) is 0 Å². The fraction of sp³-hybridized carbons (Fsp3) is 0.375. The van der Waals surface area contributed by atoms with Crippen LogP contribution in [0.4, 0.5) is 0 Å². The Kier molecular flexibility index (Phi) is 8.14. The summed E-state index contributed by atoms with van der Waals surface area (Å²) in [5.74, 6) is 0. The smallest absolute Gasteiger partial charge is 0.0399 e. The van der Waals surface area contributed by atoms with Gasteiger partial charge in [0.2, 0.25) is 0 Å². The molecule has 0 atom stereocenters. The maximum atomic E-state index is 4.38. The molecule has 1 aliphatic rings. The molecule has 0 unspecified atom stereocenters. The van der Waals surface area contributed by atoms with Gasteiger partial charge < -0.3 is 9.89 Å². The number of hydrogen-bond acceptors (Lipinski definition) is 2. The van der Waals surface area contributed by atoms with Crippen molar-refractivity contribution in [2.24, 2.45) is 4.99 Å². The average molecular weight is 349 g/mol. The Bertz CT molecular complexity index is 692. The standard InChI is InChI=1S/C24H32N2/c1-5-7-14-22(6-2)24-18-23(19-26(24)16-11-15-25-4)20(3)17-21-12-9-8-10-13-21/h7-10,12-14,19H,3-6,11,15-18H2,1-2H3/b14-7-,24-22+. The first-order valence-corrected chi connectivity index (χ1v) is 9.70. The third kappa shape index (κ3) is 5.59. The van der Waals surface area contributed by atoms with Crippen LogP contribution in [0.15, 0.2) is 82.7 Å². The zero-order valence-corrected chi connectivity index (χ0v) is 16.4. The number of rotatable bonds is 10. The first-order chi connectivity index (χ1) is 12.7. The normalized spacial score (nSPS) is 16.1. The van der Waals surface area contributed by atoms with Gasteiger partial charge in [-0.15, -0.1) is 0 Å². The highest BCUT2D eigenvalue weighted by atomic mass is 15.1. The molecule has 1 aromatic rings. The Morgan fingerprint density at radius 3 is 2.65 bits per heavy atom. The molecule has 0 aliphatic carbocycles. The van der Waals surface area contributed by atoms with E-state index in [1.807, 2.05) is 0 Å². The summed E-state index contributed by atoms with van der Waals surface area (Å²) < 4.78 is 0. The van der Waals surface area contributed by atoms with Crippen LogP contribution in [0.1, 0.15) is 45.1 Å². The van der Waals surface area contributed by atoms with Gasteiger partial charge >= 0.3 is 0 Å². The lowest BCUT2D eigenvalue weighted by molar-refractivity contribution is 0.461. The molecule has 0 radical (unpaired) electrons. The summed E-state index contributed by atoms with van der Waals surface area (Å²) in [7, 11) is 0. The number of nitrogens with zero attached hydrogens (tertiary/aromatic N) is 2. The van der Waals surface area contributed by atoms with Crippen LogP contribution in [0, 0.1) is 0 Å². The van der Waals surface area contributed by atoms with Crippen molar-refractivity contribution in [3.05, 3.63) is 83.2 Å². The minimum Gasteiger partial charge on any atom is -0.350 e. The molecule has 1 aliphatic heterocycles. The van der Waals surface area contributed by atoms with E-state index < -0.39 is 0 Å². The van der Waals surface area contributed by atoms with Crippen molar-refractivity contribution in [1.82, 2.24) is 4.90 Å². The first kappa shape index (κ1) is 20.0. The van der Waals surface area contributed by atoms with Gasteiger partial charge in [-0.25, -0.2) is 0 Å². The molecule has 2 rings (SSSR count). The lowest BCUT2D eigenvalue weighted by atomic mass is 9.97. The summed E-state index contributed by atoms with van der Waals surface area (Å²) in [5.41, 5.74) is 6.74. The summed E-state index contributed by atoms with van der Waals surface area (Å²) in [5, 5.41) is 0. The van der Waals surface area contributed by atoms with Crippen LogP contribution in [0.3, 0.4) is 0 Å². The number of benzene rings is 1. The van der Waals surface area contributed by atoms with Crippen LogP contribution in [0.2, 0.25) is 0 Å². The second-order valence-electron chi connectivity index (χ2n) is 6.73. The van der Waals surface area contributed by atoms with Crippen LogP contribution in [-0.2, 0) is 6.42 Å². The van der Waals surface area contributed by atoms with Gasteiger partial charge in [0.25, 0.3) is 0 Å². The molecule has 0 aromatic heterocycles. The minimum absolute atomic E-state index is 0.810. The van der Waals surface area contributed by atoms with E-state index in [0.717, 1.165) is 45.2 Å². The Morgan fingerprint density at radius 1 is 1.23 bits per heavy atom. The van der Waals surface area contributed by atoms with Gasteiger partial charge in [0.15, 0.2) is 0 Å². The van der Waals surface area contributed by atoms with Crippen molar-refractivity contribution in [1.29, 1.82) is 0 Å². The molecule has 1 heterocycles. The van der Waals surface area contributed by atoms with E-state index >= 15 is 0 Å². The van der Waals surface area contributed by atoms with E-state index in [4.69, 9.17) is 0 Å². The van der Waals surface area contributed by atoms with Crippen molar-refractivity contribution in [2.75, 3.05) is 13.1 Å². The van der Waals surface area contributed by atoms with Crippen molar-refractivity contribution < 1.29 is 0 Å². The van der Waals surface area contributed by atoms with Gasteiger partial charge in [-0.05, 0) is 54.7 Å². The lowest BCUT2D eigenvalue weighted by Crippen LogP contribution is -2.16. The summed E-state index contributed by atoms with van der Waals surface area (Å²) >= 11 is 0. The topological polar surface area (TPSA) is 15.6 Å². The second-order valence-corrected chi connectivity index (χ2v) is 6.73. The molecular formula is C24H32N2. The van der Waals surface area contributed by atoms with Gasteiger partial charge in [0.05, 0.1) is 0 Å². The molecule has 0 N–H and O–H groups in total. The van der Waals surface area contributed by atoms with Crippen LogP contribution < -0.4 is 0 Å². The van der Waals surface area contributed by atoms with Crippen molar-refractivity contribution in [3.8, 4) is 0 Å². The van der Waals surface area contributed by atoms with Crippen LogP contribution in [-0.4, -0.2) is 24.7 Å². The molecule has 26 heavy (non-hydrogen) atoms. The highest BCUT2D eigenvalue weighted by Crippen LogP contribution is 2.34. The van der Waals surface area contributed by atoms with E-state index in [1.165, 1.54) is 28.0 Å². The molecule has 0 amide bonds. The molecule has 0 fully saturated rings. The summed E-state index contributed by atoms with van der Waals surface area (Å²) in [6, 6.07) is 10.6. The Balaban J connectivity index is 2.20. The van der Waals surface area contributed by atoms with Crippen molar-refractivity contribution in [2.45, 2.75) is 46.0 Å². The predicted molar refractivity (Wildman–Crippen MR) is 114 cm³/mol. The third-order valence-corrected chi connectivity index (χ3v) is 4.75. The van der Waals surface area contributed by atoms with Crippen LogP contribution in [0.25, 0.3) is 0 Å². The van der Waals surface area contributed by atoms with Crippen LogP contribution in [0.5, 0.6) is 0 Å². The Morgan fingerprint density at radius 2 is 2.00 bits per heavy atom. The molecule has 138 valence electrons. The van der Waals surface area contributed by atoms with E-state index in [2.05, 4.69) is 85.7 Å². The zero-order chi connectivity index (χ0) is 18.8. The van der Waals surface area contributed by atoms with Gasteiger partial charge in [-0.2, -0.15) is 0 Å². The molecule has 2 heteroatoms. The van der Waals surface area contributed by atoms with Gasteiger partial charge in [0, 0.05) is 31.4 Å². The number of allylic oxidation sites excluding steroid dienone is 5. The van der Waals surface area contributed by atoms with E-state index in [9.17, 15) is 0 Å². The lowest BCUT2D eigenvalue weighted by Gasteiger charge is -2.20. The second kappa shape index (κ2) is 10.6. The molecular weight excluding hydrogens is 316 g/mol. The number of hydrogen-bond donors (Lipinski definition) is 0. The van der Waals surface area contributed by atoms with E-state index in [-0.39, 0.29) is 0 Å². The Hall–Kier alpha value is -2.35. The minimum atomic E-state index is 0.810. The quantitative estimate of drug-likeness (QED) is 0.369. The SMILES string of the molecule is C=NCCCN1C=C(C(=C)Cc2ccccc2)C/C1=C(\C=C/CC)CC. The van der Waals surface area contributed by atoms with Crippen molar-refractivity contribution >= 4 is 6.72 Å². The fourth-order valence-corrected chi connectivity index (χ4v) is 3.29. The maximum Gasteiger partial charge on any atom is 0.0399 e. The van der Waals surface area contributed by atoms with Gasteiger partial charge in [-0.1, -0.05) is 62.9 Å². The monoisotopic (exact) mass is 348 g/mol. The summed E-state index contributed by atoms with van der Waals surface area (Å²) in [6.45, 7) is 14.2. The maximum absolute atomic E-state index is 4.38. The largest absolute Gasteiger partial charge is 0.350 e. The molecule has 0 bridgehead atoms. The molecule has 0 spiro atoms. The van der Waals surface area contributed by atoms with E-state index in [0.29, 0.717) is 0 Å². The van der Waals surface area contributed by atoms with Crippen LogP contribution >= 0.6 is 0 Å². The first-order valence-electron chi connectivity index (χ1n) is 9.70. The Labute approximate surface area is 159 Å². The van der Waals surface area contributed by atoms with Gasteiger partial charge in [-0.3, -0.25) is 0 Å². The predicted octanol–water partition coefficient (Wildman–Crippen LogP) is 6.10. The summed E-state index contributed by atoms with van der Waals surface area (Å²) in [4.78, 5) is 6.41. The highest BCUT2D eigenvalue weighted by Gasteiger charge is 2.22. The fourth-order valence-electron chi connectivity index (χ4n) is 3.29. The van der Waals surface area contributed by atoms with Crippen molar-refractivity contribution in [3.63, 3.8) is 0 Å². The molecule has 2 nitrogen and oxygen atoms in total. The zero-order valence-electron chi connectivity index (χ0n) is 16.4. The highest BCUT2D eigenvalue weighted by molar-refractivity contribution is 5.43. The summed E-state index contributed by atoms with van der Waals surface area (Å²) in [6.07, 6.45) is 11.9. The average Bonchev–Trinajstić information content (AvgIpc) is 3.08. The van der Waals surface area contributed by atoms with Gasteiger partial charge in [0.1, 0.15) is 0 Å². The third-order valence-electron chi connectivity index (χ3n) is 4.75.